The molecule has 0 bridgehead atoms. The van der Waals surface area contributed by atoms with E-state index in [9.17, 15) is 9.59 Å². The minimum atomic E-state index is -0.00852. The molecule has 1 saturated carbocycles. The lowest BCUT2D eigenvalue weighted by Crippen LogP contribution is -2.36. The Morgan fingerprint density at radius 2 is 1.93 bits per heavy atom. The van der Waals surface area contributed by atoms with E-state index in [4.69, 9.17) is 0 Å². The van der Waals surface area contributed by atoms with Crippen molar-refractivity contribution >= 4 is 32.7 Å². The Labute approximate surface area is 179 Å². The summed E-state index contributed by atoms with van der Waals surface area (Å²) in [6, 6.07) is 15.3. The van der Waals surface area contributed by atoms with Crippen LogP contribution in [0.1, 0.15) is 26.2 Å². The maximum Gasteiger partial charge on any atom is 0.242 e. The van der Waals surface area contributed by atoms with Crippen molar-refractivity contribution in [1.82, 2.24) is 9.47 Å². The Kier molecular flexibility index (Phi) is 5.86. The molecule has 5 heteroatoms. The number of carbonyl (C=O) groups is 1. The van der Waals surface area contributed by atoms with E-state index in [1.807, 2.05) is 64.2 Å². The molecular formula is C24H25BrN2O2. The number of hydrogen-bond donors (Lipinski definition) is 0. The predicted octanol–water partition coefficient (Wildman–Crippen LogP) is 5.08. The molecule has 29 heavy (non-hydrogen) atoms. The third-order valence-corrected chi connectivity index (χ3v) is 5.95. The second kappa shape index (κ2) is 8.54. The number of benzene rings is 2. The van der Waals surface area contributed by atoms with E-state index in [0.29, 0.717) is 16.9 Å². The van der Waals surface area contributed by atoms with Crippen LogP contribution in [0.15, 0.2) is 64.0 Å². The molecule has 1 amide bonds. The summed E-state index contributed by atoms with van der Waals surface area (Å²) < 4.78 is 2.82. The number of aromatic nitrogens is 1. The van der Waals surface area contributed by atoms with Gasteiger partial charge < -0.3 is 9.47 Å². The lowest BCUT2D eigenvalue weighted by molar-refractivity contribution is -0.132. The fourth-order valence-electron chi connectivity index (χ4n) is 3.76. The second-order valence-electron chi connectivity index (χ2n) is 7.81. The van der Waals surface area contributed by atoms with Crippen molar-refractivity contribution in [3.8, 4) is 11.1 Å². The van der Waals surface area contributed by atoms with Crippen molar-refractivity contribution in [1.29, 1.82) is 0 Å². The summed E-state index contributed by atoms with van der Waals surface area (Å²) in [7, 11) is 0. The SMILES string of the molecule is CCCN(CC1CC1)C(=O)Cn1cc(-c2ccccc2)c(=O)c2ccc(Br)cc21. The Balaban J connectivity index is 1.77. The zero-order valence-corrected chi connectivity index (χ0v) is 18.2. The number of fused-ring (bicyclic) bond motifs is 1. The fourth-order valence-corrected chi connectivity index (χ4v) is 4.11. The fraction of sp³-hybridized carbons (Fsp3) is 0.333. The Hall–Kier alpha value is -2.40. The number of carbonyl (C=O) groups excluding carboxylic acids is 1. The van der Waals surface area contributed by atoms with E-state index in [-0.39, 0.29) is 17.9 Å². The molecule has 0 atom stereocenters. The van der Waals surface area contributed by atoms with Crippen molar-refractivity contribution in [3.63, 3.8) is 0 Å². The molecule has 4 rings (SSSR count). The first-order chi connectivity index (χ1) is 14.1. The molecule has 0 N–H and O–H groups in total. The molecule has 150 valence electrons. The molecule has 0 aliphatic heterocycles. The Morgan fingerprint density at radius 1 is 1.17 bits per heavy atom. The quantitative estimate of drug-likeness (QED) is 0.501. The summed E-state index contributed by atoms with van der Waals surface area (Å²) in [4.78, 5) is 28.3. The normalized spacial score (nSPS) is 13.6. The highest BCUT2D eigenvalue weighted by atomic mass is 79.9. The largest absolute Gasteiger partial charge is 0.341 e. The molecule has 1 aromatic heterocycles. The molecule has 0 radical (unpaired) electrons. The molecule has 0 unspecified atom stereocenters. The number of nitrogens with zero attached hydrogens (tertiary/aromatic N) is 2. The highest BCUT2D eigenvalue weighted by Crippen LogP contribution is 2.30. The third-order valence-electron chi connectivity index (χ3n) is 5.46. The number of pyridine rings is 1. The topological polar surface area (TPSA) is 42.3 Å². The predicted molar refractivity (Wildman–Crippen MR) is 121 cm³/mol. The van der Waals surface area contributed by atoms with E-state index in [2.05, 4.69) is 22.9 Å². The van der Waals surface area contributed by atoms with Crippen LogP contribution in [0.2, 0.25) is 0 Å². The van der Waals surface area contributed by atoms with Gasteiger partial charge in [-0.2, -0.15) is 0 Å². The van der Waals surface area contributed by atoms with E-state index in [1.165, 1.54) is 12.8 Å². The summed E-state index contributed by atoms with van der Waals surface area (Å²) in [5.41, 5.74) is 2.26. The molecule has 1 aliphatic rings. The summed E-state index contributed by atoms with van der Waals surface area (Å²) >= 11 is 3.50. The molecule has 3 aromatic rings. The van der Waals surface area contributed by atoms with E-state index in [0.717, 1.165) is 35.1 Å². The first kappa shape index (κ1) is 19.9. The first-order valence-corrected chi connectivity index (χ1v) is 11.0. The lowest BCUT2D eigenvalue weighted by atomic mass is 10.0. The molecule has 0 saturated heterocycles. The molecular weight excluding hydrogens is 428 g/mol. The van der Waals surface area contributed by atoms with Crippen molar-refractivity contribution in [2.75, 3.05) is 13.1 Å². The van der Waals surface area contributed by atoms with Gasteiger partial charge >= 0.3 is 0 Å². The lowest BCUT2D eigenvalue weighted by Gasteiger charge is -2.23. The monoisotopic (exact) mass is 452 g/mol. The van der Waals surface area contributed by atoms with Gasteiger partial charge in [-0.1, -0.05) is 53.2 Å². The van der Waals surface area contributed by atoms with E-state index >= 15 is 0 Å². The third kappa shape index (κ3) is 4.45. The maximum atomic E-state index is 13.1. The van der Waals surface area contributed by atoms with Gasteiger partial charge in [-0.25, -0.2) is 0 Å². The van der Waals surface area contributed by atoms with Crippen LogP contribution in [0.4, 0.5) is 0 Å². The van der Waals surface area contributed by atoms with Crippen molar-refractivity contribution in [3.05, 3.63) is 69.4 Å². The zero-order chi connectivity index (χ0) is 20.4. The molecule has 2 aromatic carbocycles. The van der Waals surface area contributed by atoms with Gasteiger partial charge in [0.2, 0.25) is 5.91 Å². The van der Waals surface area contributed by atoms with Gasteiger partial charge in [0.25, 0.3) is 0 Å². The maximum absolute atomic E-state index is 13.1. The van der Waals surface area contributed by atoms with Crippen LogP contribution in [-0.2, 0) is 11.3 Å². The van der Waals surface area contributed by atoms with Gasteiger partial charge in [-0.15, -0.1) is 0 Å². The number of rotatable bonds is 7. The summed E-state index contributed by atoms with van der Waals surface area (Å²) in [6.45, 7) is 3.97. The van der Waals surface area contributed by atoms with Crippen LogP contribution in [0.5, 0.6) is 0 Å². The standard InChI is InChI=1S/C24H25BrN2O2/c1-2-12-26(14-17-8-9-17)23(28)16-27-15-21(18-6-4-3-5-7-18)24(29)20-11-10-19(25)13-22(20)27/h3-7,10-11,13,15,17H,2,8-9,12,14,16H2,1H3. The first-order valence-electron chi connectivity index (χ1n) is 10.2. The minimum Gasteiger partial charge on any atom is -0.341 e. The summed E-state index contributed by atoms with van der Waals surface area (Å²) in [5, 5.41) is 0.631. The Morgan fingerprint density at radius 3 is 2.62 bits per heavy atom. The van der Waals surface area contributed by atoms with Gasteiger partial charge in [0.05, 0.1) is 5.52 Å². The van der Waals surface area contributed by atoms with Crippen molar-refractivity contribution < 1.29 is 4.79 Å². The Bertz CT molecular complexity index is 1090. The van der Waals surface area contributed by atoms with Crippen LogP contribution >= 0.6 is 15.9 Å². The molecule has 1 heterocycles. The van der Waals surface area contributed by atoms with E-state index < -0.39 is 0 Å². The van der Waals surface area contributed by atoms with Crippen LogP contribution < -0.4 is 5.43 Å². The van der Waals surface area contributed by atoms with Crippen LogP contribution in [0.3, 0.4) is 0 Å². The highest BCUT2D eigenvalue weighted by molar-refractivity contribution is 9.10. The van der Waals surface area contributed by atoms with Gasteiger partial charge in [0.1, 0.15) is 6.54 Å². The van der Waals surface area contributed by atoms with Crippen molar-refractivity contribution in [2.24, 2.45) is 5.92 Å². The molecule has 0 spiro atoms. The summed E-state index contributed by atoms with van der Waals surface area (Å²) in [5.74, 6) is 0.771. The van der Waals surface area contributed by atoms with Gasteiger partial charge in [-0.05, 0) is 48.9 Å². The average Bonchev–Trinajstić information content (AvgIpc) is 3.54. The van der Waals surface area contributed by atoms with Crippen LogP contribution in [0, 0.1) is 5.92 Å². The van der Waals surface area contributed by atoms with E-state index in [1.54, 1.807) is 0 Å². The summed E-state index contributed by atoms with van der Waals surface area (Å²) in [6.07, 6.45) is 5.23. The highest BCUT2D eigenvalue weighted by Gasteiger charge is 2.26. The number of amides is 1. The van der Waals surface area contributed by atoms with Crippen LogP contribution in [0.25, 0.3) is 22.0 Å². The molecule has 1 fully saturated rings. The van der Waals surface area contributed by atoms with Crippen molar-refractivity contribution in [2.45, 2.75) is 32.7 Å². The number of hydrogen-bond acceptors (Lipinski definition) is 2. The smallest absolute Gasteiger partial charge is 0.242 e. The molecule has 1 aliphatic carbocycles. The van der Waals surface area contributed by atoms with Gasteiger partial charge in [0, 0.05) is 34.7 Å². The molecule has 4 nitrogen and oxygen atoms in total. The zero-order valence-electron chi connectivity index (χ0n) is 16.6. The minimum absolute atomic E-state index is 0.00852. The van der Waals surface area contributed by atoms with Gasteiger partial charge in [0.15, 0.2) is 5.43 Å². The second-order valence-corrected chi connectivity index (χ2v) is 8.73. The van der Waals surface area contributed by atoms with Gasteiger partial charge in [-0.3, -0.25) is 9.59 Å². The van der Waals surface area contributed by atoms with Crippen LogP contribution in [-0.4, -0.2) is 28.5 Å². The number of halogens is 1. The average molecular weight is 453 g/mol.